The van der Waals surface area contributed by atoms with Crippen LogP contribution in [0.5, 0.6) is 5.88 Å². The van der Waals surface area contributed by atoms with E-state index >= 15 is 0 Å². The van der Waals surface area contributed by atoms with Gasteiger partial charge in [0.05, 0.1) is 24.2 Å². The van der Waals surface area contributed by atoms with Gasteiger partial charge in [0.1, 0.15) is 11.6 Å². The van der Waals surface area contributed by atoms with E-state index in [1.807, 2.05) is 0 Å². The minimum Gasteiger partial charge on any atom is -0.481 e. The number of methoxy groups -OCH3 is 1. The molecular weight excluding hydrogens is 276 g/mol. The van der Waals surface area contributed by atoms with Crippen LogP contribution < -0.4 is 21.3 Å². The summed E-state index contributed by atoms with van der Waals surface area (Å²) in [7, 11) is 1.53. The van der Waals surface area contributed by atoms with Gasteiger partial charge in [-0.25, -0.2) is 15.8 Å². The minimum atomic E-state index is -0.511. The molecule has 0 atom stereocenters. The number of nitrogens with zero attached hydrogens (tertiary/aromatic N) is 3. The molecule has 0 saturated carbocycles. The molecule has 110 valence electrons. The first-order valence-electron chi connectivity index (χ1n) is 5.98. The fourth-order valence-electron chi connectivity index (χ4n) is 1.65. The lowest BCUT2D eigenvalue weighted by Crippen LogP contribution is -2.11. The molecule has 0 aliphatic rings. The molecule has 0 unspecified atom stereocenters. The van der Waals surface area contributed by atoms with Gasteiger partial charge in [-0.05, 0) is 11.6 Å². The van der Waals surface area contributed by atoms with Gasteiger partial charge in [0.15, 0.2) is 0 Å². The van der Waals surface area contributed by atoms with Crippen molar-refractivity contribution in [2.24, 2.45) is 5.84 Å². The first-order chi connectivity index (χ1) is 10.1. The lowest BCUT2D eigenvalue weighted by Gasteiger charge is -2.08. The van der Waals surface area contributed by atoms with E-state index in [0.29, 0.717) is 18.2 Å². The number of nitrogens with two attached hydrogens (primary N) is 1. The second kappa shape index (κ2) is 6.48. The average Bonchev–Trinajstić information content (AvgIpc) is 2.52. The average molecular weight is 290 g/mol. The molecule has 2 aromatic heterocycles. The van der Waals surface area contributed by atoms with Crippen molar-refractivity contribution < 1.29 is 9.66 Å². The van der Waals surface area contributed by atoms with Crippen LogP contribution in [-0.4, -0.2) is 22.0 Å². The van der Waals surface area contributed by atoms with Crippen molar-refractivity contribution in [2.45, 2.75) is 6.54 Å². The van der Waals surface area contributed by atoms with Crippen molar-refractivity contribution in [3.05, 3.63) is 46.1 Å². The number of hydrogen-bond donors (Lipinski definition) is 3. The number of pyridine rings is 2. The molecule has 2 aromatic rings. The van der Waals surface area contributed by atoms with Gasteiger partial charge < -0.3 is 15.5 Å². The van der Waals surface area contributed by atoms with Crippen molar-refractivity contribution in [1.82, 2.24) is 9.97 Å². The number of hydrazine groups is 1. The van der Waals surface area contributed by atoms with Gasteiger partial charge in [0, 0.05) is 18.8 Å². The Balaban J connectivity index is 2.15. The van der Waals surface area contributed by atoms with Crippen molar-refractivity contribution in [3.63, 3.8) is 0 Å². The van der Waals surface area contributed by atoms with Crippen molar-refractivity contribution in [1.29, 1.82) is 0 Å². The number of ether oxygens (including phenoxy) is 1. The topological polar surface area (TPSA) is 128 Å². The molecule has 0 spiro atoms. The molecule has 0 radical (unpaired) electrons. The van der Waals surface area contributed by atoms with E-state index in [0.717, 1.165) is 5.56 Å². The maximum atomic E-state index is 10.8. The third-order valence-electron chi connectivity index (χ3n) is 2.65. The second-order valence-corrected chi connectivity index (χ2v) is 4.06. The molecular formula is C12H14N6O3. The number of hydrogen-bond acceptors (Lipinski definition) is 8. The summed E-state index contributed by atoms with van der Waals surface area (Å²) in [5.74, 6) is 6.28. The van der Waals surface area contributed by atoms with E-state index in [4.69, 9.17) is 10.6 Å². The van der Waals surface area contributed by atoms with Gasteiger partial charge in [-0.15, -0.1) is 0 Å². The zero-order valence-electron chi connectivity index (χ0n) is 11.2. The third-order valence-corrected chi connectivity index (χ3v) is 2.65. The number of aromatic nitrogens is 2. The van der Waals surface area contributed by atoms with Crippen LogP contribution in [0, 0.1) is 10.1 Å². The van der Waals surface area contributed by atoms with Crippen LogP contribution in [0.2, 0.25) is 0 Å². The molecule has 0 saturated heterocycles. The van der Waals surface area contributed by atoms with Crippen LogP contribution in [-0.2, 0) is 6.54 Å². The zero-order chi connectivity index (χ0) is 15.2. The number of rotatable bonds is 6. The van der Waals surface area contributed by atoms with E-state index < -0.39 is 4.92 Å². The first kappa shape index (κ1) is 14.5. The molecule has 2 heterocycles. The summed E-state index contributed by atoms with van der Waals surface area (Å²) >= 11 is 0. The fourth-order valence-corrected chi connectivity index (χ4v) is 1.65. The smallest absolute Gasteiger partial charge is 0.276 e. The molecule has 9 nitrogen and oxygen atoms in total. The Kier molecular flexibility index (Phi) is 4.46. The normalized spacial score (nSPS) is 10.0. The van der Waals surface area contributed by atoms with E-state index in [9.17, 15) is 10.1 Å². The molecule has 21 heavy (non-hydrogen) atoms. The molecule has 4 N–H and O–H groups in total. The second-order valence-electron chi connectivity index (χ2n) is 4.06. The molecule has 0 aromatic carbocycles. The van der Waals surface area contributed by atoms with E-state index in [-0.39, 0.29) is 11.5 Å². The van der Waals surface area contributed by atoms with Gasteiger partial charge in [-0.1, -0.05) is 0 Å². The molecule has 0 fully saturated rings. The van der Waals surface area contributed by atoms with Gasteiger partial charge in [0.25, 0.3) is 5.69 Å². The lowest BCUT2D eigenvalue weighted by atomic mass is 10.2. The van der Waals surface area contributed by atoms with Crippen LogP contribution in [0.3, 0.4) is 0 Å². The van der Waals surface area contributed by atoms with Gasteiger partial charge in [-0.3, -0.25) is 10.1 Å². The first-order valence-corrected chi connectivity index (χ1v) is 5.98. The Labute approximate surface area is 120 Å². The maximum Gasteiger partial charge on any atom is 0.276 e. The molecule has 0 aliphatic carbocycles. The van der Waals surface area contributed by atoms with Crippen molar-refractivity contribution in [3.8, 4) is 5.88 Å². The van der Waals surface area contributed by atoms with Gasteiger partial charge in [-0.2, -0.15) is 0 Å². The van der Waals surface area contributed by atoms with E-state index in [1.165, 1.54) is 19.2 Å². The molecule has 9 heteroatoms. The Morgan fingerprint density at radius 1 is 1.38 bits per heavy atom. The van der Waals surface area contributed by atoms with E-state index in [2.05, 4.69) is 20.7 Å². The van der Waals surface area contributed by atoms with Gasteiger partial charge >= 0.3 is 0 Å². The summed E-state index contributed by atoms with van der Waals surface area (Å²) in [6.07, 6.45) is 1.61. The van der Waals surface area contributed by atoms with Crippen molar-refractivity contribution >= 4 is 17.3 Å². The third kappa shape index (κ3) is 3.76. The van der Waals surface area contributed by atoms with Crippen molar-refractivity contribution in [2.75, 3.05) is 17.9 Å². The standard InChI is InChI=1S/C12H14N6O3/c1-21-12-4-8(2-3-14-12)7-15-10-5-9(18(19)20)6-11(16-10)17-13/h2-6H,7,13H2,1H3,(H2,15,16,17). The number of nitrogens with one attached hydrogen (secondary N) is 2. The number of anilines is 2. The highest BCUT2D eigenvalue weighted by Crippen LogP contribution is 2.20. The van der Waals surface area contributed by atoms with Gasteiger partial charge in [0.2, 0.25) is 5.88 Å². The summed E-state index contributed by atoms with van der Waals surface area (Å²) in [4.78, 5) is 18.4. The lowest BCUT2D eigenvalue weighted by molar-refractivity contribution is -0.384. The number of nitrogen functional groups attached to an aromatic ring is 1. The predicted molar refractivity (Wildman–Crippen MR) is 76.8 cm³/mol. The monoisotopic (exact) mass is 290 g/mol. The van der Waals surface area contributed by atoms with Crippen LogP contribution in [0.1, 0.15) is 5.56 Å². The molecule has 0 amide bonds. The summed E-state index contributed by atoms with van der Waals surface area (Å²) < 4.78 is 5.02. The highest BCUT2D eigenvalue weighted by molar-refractivity contribution is 5.54. The molecule has 2 rings (SSSR count). The molecule has 0 bridgehead atoms. The Morgan fingerprint density at radius 2 is 2.14 bits per heavy atom. The number of nitro groups is 1. The summed E-state index contributed by atoms with van der Waals surface area (Å²) in [5, 5.41) is 13.8. The van der Waals surface area contributed by atoms with Crippen LogP contribution in [0.25, 0.3) is 0 Å². The molecule has 0 aliphatic heterocycles. The summed E-state index contributed by atoms with van der Waals surface area (Å²) in [6, 6.07) is 6.14. The SMILES string of the molecule is COc1cc(CNc2cc([N+](=O)[O-])cc(NN)n2)ccn1. The zero-order valence-corrected chi connectivity index (χ0v) is 11.2. The van der Waals surface area contributed by atoms with Crippen LogP contribution >= 0.6 is 0 Å². The largest absolute Gasteiger partial charge is 0.481 e. The highest BCUT2D eigenvalue weighted by Gasteiger charge is 2.10. The Hall–Kier alpha value is -2.94. The Morgan fingerprint density at radius 3 is 2.81 bits per heavy atom. The Bertz CT molecular complexity index is 649. The predicted octanol–water partition coefficient (Wildman–Crippen LogP) is 1.29. The van der Waals surface area contributed by atoms with Crippen LogP contribution in [0.4, 0.5) is 17.3 Å². The van der Waals surface area contributed by atoms with E-state index in [1.54, 1.807) is 18.3 Å². The summed E-state index contributed by atoms with van der Waals surface area (Å²) in [5.41, 5.74) is 3.09. The fraction of sp³-hybridized carbons (Fsp3) is 0.167. The quantitative estimate of drug-likeness (QED) is 0.412. The van der Waals surface area contributed by atoms with Crippen LogP contribution in [0.15, 0.2) is 30.5 Å². The summed E-state index contributed by atoms with van der Waals surface area (Å²) in [6.45, 7) is 0.414. The minimum absolute atomic E-state index is 0.104. The highest BCUT2D eigenvalue weighted by atomic mass is 16.6. The maximum absolute atomic E-state index is 10.8.